The van der Waals surface area contributed by atoms with Crippen LogP contribution in [0.4, 0.5) is 4.39 Å². The minimum atomic E-state index is -0.707. The summed E-state index contributed by atoms with van der Waals surface area (Å²) in [5, 5.41) is 6.02. The fourth-order valence-corrected chi connectivity index (χ4v) is 1.67. The SMILES string of the molecule is O=C(Cc1c(F)cccc1Cl)NCc1noc(=O)[nH]1. The van der Waals surface area contributed by atoms with E-state index in [1.807, 2.05) is 0 Å². The van der Waals surface area contributed by atoms with Gasteiger partial charge in [0.25, 0.3) is 0 Å². The van der Waals surface area contributed by atoms with Crippen molar-refractivity contribution < 1.29 is 13.7 Å². The molecule has 19 heavy (non-hydrogen) atoms. The van der Waals surface area contributed by atoms with E-state index in [0.717, 1.165) is 0 Å². The Kier molecular flexibility index (Phi) is 3.96. The van der Waals surface area contributed by atoms with Gasteiger partial charge in [0.1, 0.15) is 5.82 Å². The molecule has 1 aromatic heterocycles. The second kappa shape index (κ2) is 5.66. The maximum absolute atomic E-state index is 13.4. The van der Waals surface area contributed by atoms with Crippen LogP contribution in [0.15, 0.2) is 27.5 Å². The van der Waals surface area contributed by atoms with Gasteiger partial charge in [0, 0.05) is 10.6 Å². The van der Waals surface area contributed by atoms with Gasteiger partial charge in [0.05, 0.1) is 13.0 Å². The third-order valence-corrected chi connectivity index (χ3v) is 2.69. The van der Waals surface area contributed by atoms with Crippen molar-refractivity contribution in [3.05, 3.63) is 51.0 Å². The second-order valence-electron chi connectivity index (χ2n) is 3.70. The van der Waals surface area contributed by atoms with E-state index in [2.05, 4.69) is 20.0 Å². The molecule has 0 aliphatic heterocycles. The summed E-state index contributed by atoms with van der Waals surface area (Å²) in [5.74, 6) is -1.52. The number of carbonyl (C=O) groups is 1. The van der Waals surface area contributed by atoms with Gasteiger partial charge in [-0.2, -0.15) is 0 Å². The number of carbonyl (C=O) groups excluding carboxylic acids is 1. The van der Waals surface area contributed by atoms with Gasteiger partial charge < -0.3 is 5.32 Å². The summed E-state index contributed by atoms with van der Waals surface area (Å²) in [4.78, 5) is 24.5. The second-order valence-corrected chi connectivity index (χ2v) is 4.10. The minimum Gasteiger partial charge on any atom is -0.348 e. The van der Waals surface area contributed by atoms with Crippen LogP contribution in [0, 0.1) is 5.82 Å². The molecule has 0 spiro atoms. The Morgan fingerprint density at radius 1 is 1.53 bits per heavy atom. The quantitative estimate of drug-likeness (QED) is 0.878. The lowest BCUT2D eigenvalue weighted by molar-refractivity contribution is -0.120. The van der Waals surface area contributed by atoms with Gasteiger partial charge in [-0.1, -0.05) is 22.8 Å². The molecule has 0 bridgehead atoms. The van der Waals surface area contributed by atoms with Crippen molar-refractivity contribution in [3.63, 3.8) is 0 Å². The minimum absolute atomic E-state index is 0.0172. The number of hydrogen-bond donors (Lipinski definition) is 2. The number of aromatic nitrogens is 2. The molecule has 1 amide bonds. The number of H-pyrrole nitrogens is 1. The predicted octanol–water partition coefficient (Wildman–Crippen LogP) is 1.01. The molecule has 6 nitrogen and oxygen atoms in total. The lowest BCUT2D eigenvalue weighted by Crippen LogP contribution is -2.25. The first kappa shape index (κ1) is 13.3. The molecule has 0 aliphatic carbocycles. The zero-order valence-corrected chi connectivity index (χ0v) is 10.3. The number of aromatic amines is 1. The third kappa shape index (κ3) is 3.41. The van der Waals surface area contributed by atoms with Crippen LogP contribution in [0.25, 0.3) is 0 Å². The molecule has 0 saturated carbocycles. The predicted molar refractivity (Wildman–Crippen MR) is 64.1 cm³/mol. The van der Waals surface area contributed by atoms with Gasteiger partial charge in [0.15, 0.2) is 5.82 Å². The zero-order chi connectivity index (χ0) is 13.8. The molecule has 1 aromatic carbocycles. The van der Waals surface area contributed by atoms with Crippen molar-refractivity contribution in [3.8, 4) is 0 Å². The highest BCUT2D eigenvalue weighted by molar-refractivity contribution is 6.31. The molecule has 1 heterocycles. The van der Waals surface area contributed by atoms with E-state index in [-0.39, 0.29) is 29.4 Å². The molecule has 0 aliphatic rings. The third-order valence-electron chi connectivity index (χ3n) is 2.34. The van der Waals surface area contributed by atoms with Crippen LogP contribution in [-0.2, 0) is 17.8 Å². The smallest absolute Gasteiger partial charge is 0.348 e. The highest BCUT2D eigenvalue weighted by Crippen LogP contribution is 2.19. The normalized spacial score (nSPS) is 10.4. The summed E-state index contributed by atoms with van der Waals surface area (Å²) in [6.45, 7) is -0.0172. The molecular formula is C11H9ClFN3O3. The van der Waals surface area contributed by atoms with Gasteiger partial charge in [-0.15, -0.1) is 0 Å². The molecule has 2 rings (SSSR count). The summed E-state index contributed by atoms with van der Waals surface area (Å²) >= 11 is 5.80. The first-order valence-electron chi connectivity index (χ1n) is 5.30. The summed E-state index contributed by atoms with van der Waals surface area (Å²) in [6.07, 6.45) is -0.201. The fraction of sp³-hybridized carbons (Fsp3) is 0.182. The molecule has 0 fully saturated rings. The number of rotatable bonds is 4. The maximum Gasteiger partial charge on any atom is 0.438 e. The molecule has 100 valence electrons. The van der Waals surface area contributed by atoms with E-state index in [1.54, 1.807) is 0 Å². The first-order chi connectivity index (χ1) is 9.06. The van der Waals surface area contributed by atoms with Gasteiger partial charge in [-0.3, -0.25) is 14.3 Å². The molecule has 0 saturated heterocycles. The first-order valence-corrected chi connectivity index (χ1v) is 5.68. The zero-order valence-electron chi connectivity index (χ0n) is 9.57. The van der Waals surface area contributed by atoms with Crippen LogP contribution >= 0.6 is 11.6 Å². The summed E-state index contributed by atoms with van der Waals surface area (Å²) in [6, 6.07) is 4.19. The van der Waals surface area contributed by atoms with Crippen molar-refractivity contribution in [1.82, 2.24) is 15.5 Å². The van der Waals surface area contributed by atoms with Crippen LogP contribution in [0.1, 0.15) is 11.4 Å². The molecule has 0 radical (unpaired) electrons. The number of nitrogens with zero attached hydrogens (tertiary/aromatic N) is 1. The number of halogens is 2. The van der Waals surface area contributed by atoms with E-state index < -0.39 is 17.5 Å². The molecule has 2 N–H and O–H groups in total. The van der Waals surface area contributed by atoms with E-state index in [9.17, 15) is 14.0 Å². The van der Waals surface area contributed by atoms with Gasteiger partial charge in [-0.05, 0) is 12.1 Å². The number of hydrogen-bond acceptors (Lipinski definition) is 4. The Balaban J connectivity index is 1.96. The molecule has 8 heteroatoms. The largest absolute Gasteiger partial charge is 0.438 e. The molecular weight excluding hydrogens is 277 g/mol. The topological polar surface area (TPSA) is 88.0 Å². The van der Waals surface area contributed by atoms with Crippen molar-refractivity contribution in [1.29, 1.82) is 0 Å². The van der Waals surface area contributed by atoms with Crippen LogP contribution in [0.2, 0.25) is 5.02 Å². The van der Waals surface area contributed by atoms with Gasteiger partial charge >= 0.3 is 5.76 Å². The number of nitrogens with one attached hydrogen (secondary N) is 2. The summed E-state index contributed by atoms with van der Waals surface area (Å²) < 4.78 is 17.7. The van der Waals surface area contributed by atoms with Crippen LogP contribution in [0.5, 0.6) is 0 Å². The highest BCUT2D eigenvalue weighted by atomic mass is 35.5. The van der Waals surface area contributed by atoms with Gasteiger partial charge in [-0.25, -0.2) is 9.18 Å². The molecule has 0 unspecified atom stereocenters. The van der Waals surface area contributed by atoms with Crippen molar-refractivity contribution in [2.45, 2.75) is 13.0 Å². The lowest BCUT2D eigenvalue weighted by atomic mass is 10.1. The highest BCUT2D eigenvalue weighted by Gasteiger charge is 2.12. The monoisotopic (exact) mass is 285 g/mol. The van der Waals surface area contributed by atoms with E-state index >= 15 is 0 Å². The van der Waals surface area contributed by atoms with Crippen molar-refractivity contribution in [2.24, 2.45) is 0 Å². The van der Waals surface area contributed by atoms with Crippen LogP contribution in [0.3, 0.4) is 0 Å². The number of benzene rings is 1. The Morgan fingerprint density at radius 2 is 2.32 bits per heavy atom. The van der Waals surface area contributed by atoms with Gasteiger partial charge in [0.2, 0.25) is 5.91 Å². The van der Waals surface area contributed by atoms with Crippen molar-refractivity contribution in [2.75, 3.05) is 0 Å². The van der Waals surface area contributed by atoms with E-state index in [4.69, 9.17) is 11.6 Å². The Hall–Kier alpha value is -2.15. The number of amides is 1. The van der Waals surface area contributed by atoms with Crippen LogP contribution < -0.4 is 11.1 Å². The maximum atomic E-state index is 13.4. The van der Waals surface area contributed by atoms with E-state index in [1.165, 1.54) is 18.2 Å². The van der Waals surface area contributed by atoms with Crippen molar-refractivity contribution >= 4 is 17.5 Å². The fourth-order valence-electron chi connectivity index (χ4n) is 1.44. The molecule has 2 aromatic rings. The van der Waals surface area contributed by atoms with E-state index in [0.29, 0.717) is 0 Å². The average Bonchev–Trinajstić information content (AvgIpc) is 2.77. The standard InChI is InChI=1S/C11H9ClFN3O3/c12-7-2-1-3-8(13)6(7)4-10(17)14-5-9-15-11(18)19-16-9/h1-3H,4-5H2,(H,14,17)(H,15,16,18). The average molecular weight is 286 g/mol. The Morgan fingerprint density at radius 3 is 2.95 bits per heavy atom. The lowest BCUT2D eigenvalue weighted by Gasteiger charge is -2.06. The van der Waals surface area contributed by atoms with Crippen LogP contribution in [-0.4, -0.2) is 16.0 Å². The summed E-state index contributed by atoms with van der Waals surface area (Å²) in [5.41, 5.74) is 0.121. The Bertz CT molecular complexity index is 632. The Labute approximate surface area is 111 Å². The summed E-state index contributed by atoms with van der Waals surface area (Å²) in [7, 11) is 0. The molecule has 0 atom stereocenters.